The van der Waals surface area contributed by atoms with Crippen LogP contribution in [0.4, 0.5) is 13.2 Å². The molecule has 6 nitrogen and oxygen atoms in total. The Morgan fingerprint density at radius 1 is 1.15 bits per heavy atom. The van der Waals surface area contributed by atoms with E-state index in [1.54, 1.807) is 32.9 Å². The number of nitriles is 1. The van der Waals surface area contributed by atoms with Gasteiger partial charge in [0.25, 0.3) is 0 Å². The quantitative estimate of drug-likeness (QED) is 0.520. The predicted molar refractivity (Wildman–Crippen MR) is 123 cm³/mol. The summed E-state index contributed by atoms with van der Waals surface area (Å²) in [4.78, 5) is 13.0. The van der Waals surface area contributed by atoms with Gasteiger partial charge in [0.2, 0.25) is 5.91 Å². The molecule has 2 aromatic carbocycles. The number of hydrogen-bond acceptors (Lipinski definition) is 5. The van der Waals surface area contributed by atoms with Crippen LogP contribution < -0.4 is 5.73 Å². The summed E-state index contributed by atoms with van der Waals surface area (Å²) in [6, 6.07) is 8.43. The van der Waals surface area contributed by atoms with Crippen LogP contribution in [0.25, 0.3) is 11.1 Å². The van der Waals surface area contributed by atoms with Gasteiger partial charge in [0.05, 0.1) is 23.6 Å². The van der Waals surface area contributed by atoms with E-state index in [1.807, 2.05) is 0 Å². The maximum absolute atomic E-state index is 14.2. The molecule has 0 aliphatic heterocycles. The lowest BCUT2D eigenvalue weighted by Crippen LogP contribution is -2.51. The van der Waals surface area contributed by atoms with Gasteiger partial charge in [-0.2, -0.15) is 18.4 Å². The second-order valence-corrected chi connectivity index (χ2v) is 10.7. The molecule has 2 aromatic rings. The number of hydrogen-bond donors (Lipinski definition) is 1. The lowest BCUT2D eigenvalue weighted by molar-refractivity contribution is -0.192. The summed E-state index contributed by atoms with van der Waals surface area (Å²) in [6.45, 7) is 4.61. The molecule has 0 aliphatic rings. The van der Waals surface area contributed by atoms with E-state index in [1.165, 1.54) is 36.4 Å². The molecule has 34 heavy (non-hydrogen) atoms. The first-order valence-electron chi connectivity index (χ1n) is 10.6. The van der Waals surface area contributed by atoms with E-state index in [-0.39, 0.29) is 22.8 Å². The zero-order chi connectivity index (χ0) is 25.8. The minimum Gasteiger partial charge on any atom is -0.368 e. The van der Waals surface area contributed by atoms with Crippen LogP contribution in [-0.2, 0) is 14.6 Å². The van der Waals surface area contributed by atoms with Crippen molar-refractivity contribution in [1.82, 2.24) is 4.90 Å². The maximum Gasteiger partial charge on any atom is 0.408 e. The zero-order valence-electron chi connectivity index (χ0n) is 19.4. The Labute approximate surface area is 198 Å². The number of halogens is 3. The van der Waals surface area contributed by atoms with Gasteiger partial charge in [-0.15, -0.1) is 0 Å². The molecule has 0 aromatic heterocycles. The summed E-state index contributed by atoms with van der Waals surface area (Å²) in [6.07, 6.45) is -3.59. The Morgan fingerprint density at radius 2 is 1.74 bits per heavy atom. The van der Waals surface area contributed by atoms with Crippen molar-refractivity contribution in [3.05, 3.63) is 53.6 Å². The topological polar surface area (TPSA) is 104 Å². The molecule has 0 aliphatic carbocycles. The van der Waals surface area contributed by atoms with E-state index in [0.717, 1.165) is 11.2 Å². The average Bonchev–Trinajstić information content (AvgIpc) is 2.70. The molecule has 0 radical (unpaired) electrons. The number of benzene rings is 2. The van der Waals surface area contributed by atoms with Crippen LogP contribution in [0.2, 0.25) is 0 Å². The van der Waals surface area contributed by atoms with Gasteiger partial charge in [-0.05, 0) is 53.6 Å². The Bertz CT molecular complexity index is 1170. The van der Waals surface area contributed by atoms with Crippen LogP contribution in [0, 0.1) is 24.2 Å². The molecule has 2 atom stereocenters. The lowest BCUT2D eigenvalue weighted by Gasteiger charge is -2.37. The van der Waals surface area contributed by atoms with Crippen molar-refractivity contribution in [3.8, 4) is 17.2 Å². The first-order valence-corrected chi connectivity index (χ1v) is 12.5. The summed E-state index contributed by atoms with van der Waals surface area (Å²) in [5, 5.41) is 9.21. The van der Waals surface area contributed by atoms with Crippen molar-refractivity contribution in [2.75, 3.05) is 12.8 Å². The fourth-order valence-corrected chi connectivity index (χ4v) is 4.63. The van der Waals surface area contributed by atoms with Gasteiger partial charge in [0.1, 0.15) is 6.04 Å². The Kier molecular flexibility index (Phi) is 8.50. The predicted octanol–water partition coefficient (Wildman–Crippen LogP) is 4.39. The normalized spacial score (nSPS) is 14.1. The van der Waals surface area contributed by atoms with Gasteiger partial charge in [0, 0.05) is 6.26 Å². The number of sulfone groups is 1. The highest BCUT2D eigenvalue weighted by molar-refractivity contribution is 7.90. The smallest absolute Gasteiger partial charge is 0.368 e. The number of nitrogens with two attached hydrogens (primary N) is 1. The van der Waals surface area contributed by atoms with Crippen LogP contribution in [0.1, 0.15) is 37.4 Å². The summed E-state index contributed by atoms with van der Waals surface area (Å²) >= 11 is 0. The summed E-state index contributed by atoms with van der Waals surface area (Å²) < 4.78 is 66.2. The fourth-order valence-electron chi connectivity index (χ4n) is 3.93. The van der Waals surface area contributed by atoms with E-state index >= 15 is 0 Å². The number of carbonyl (C=O) groups is 1. The largest absolute Gasteiger partial charge is 0.408 e. The van der Waals surface area contributed by atoms with Crippen molar-refractivity contribution in [2.45, 2.75) is 50.3 Å². The second kappa shape index (κ2) is 10.6. The molecule has 0 bridgehead atoms. The molecule has 0 saturated heterocycles. The van der Waals surface area contributed by atoms with E-state index in [4.69, 9.17) is 5.73 Å². The number of carbonyl (C=O) groups excluding carboxylic acids is 1. The van der Waals surface area contributed by atoms with Gasteiger partial charge in [0.15, 0.2) is 9.84 Å². The molecule has 0 spiro atoms. The van der Waals surface area contributed by atoms with Crippen LogP contribution in [0.3, 0.4) is 0 Å². The van der Waals surface area contributed by atoms with Gasteiger partial charge in [-0.3, -0.25) is 9.69 Å². The van der Waals surface area contributed by atoms with Crippen molar-refractivity contribution >= 4 is 15.7 Å². The van der Waals surface area contributed by atoms with Crippen LogP contribution in [0.15, 0.2) is 47.4 Å². The molecule has 1 amide bonds. The molecule has 184 valence electrons. The number of rotatable bonds is 9. The highest BCUT2D eigenvalue weighted by Gasteiger charge is 2.47. The van der Waals surface area contributed by atoms with Gasteiger partial charge >= 0.3 is 6.18 Å². The van der Waals surface area contributed by atoms with Crippen LogP contribution in [0.5, 0.6) is 0 Å². The van der Waals surface area contributed by atoms with E-state index in [2.05, 4.69) is 0 Å². The molecule has 2 N–H and O–H groups in total. The Morgan fingerprint density at radius 3 is 2.15 bits per heavy atom. The summed E-state index contributed by atoms with van der Waals surface area (Å²) in [7, 11) is -3.39. The molecule has 10 heteroatoms. The lowest BCUT2D eigenvalue weighted by atomic mass is 9.94. The third-order valence-electron chi connectivity index (χ3n) is 5.48. The Balaban J connectivity index is 2.53. The van der Waals surface area contributed by atoms with Gasteiger partial charge in [-0.25, -0.2) is 8.42 Å². The standard InChI is InChI=1S/C24H28F3N3O3S/c1-15(2)13-21(23(29)31)30(12-11-28)22(24(25,26)27)18-7-5-17(6-8-18)20-10-9-19(14-16(20)3)34(4,32)33/h5-10,14-15,21-22H,12-13H2,1-4H3,(H2,29,31)/t21-,22-/m0/s1. The first-order chi connectivity index (χ1) is 15.7. The highest BCUT2D eigenvalue weighted by atomic mass is 32.2. The zero-order valence-corrected chi connectivity index (χ0v) is 20.2. The average molecular weight is 496 g/mol. The van der Waals surface area contributed by atoms with Crippen molar-refractivity contribution in [3.63, 3.8) is 0 Å². The van der Waals surface area contributed by atoms with Gasteiger partial charge < -0.3 is 5.73 Å². The van der Waals surface area contributed by atoms with Crippen LogP contribution in [-0.4, -0.2) is 44.2 Å². The summed E-state index contributed by atoms with van der Waals surface area (Å²) in [5.41, 5.74) is 7.23. The molecule has 0 saturated carbocycles. The fraction of sp³-hybridized carbons (Fsp3) is 0.417. The SMILES string of the molecule is Cc1cc(S(C)(=O)=O)ccc1-c1ccc([C@H](N(CC#N)[C@@H](CC(C)C)C(N)=O)C(F)(F)F)cc1. The van der Waals surface area contributed by atoms with E-state index in [0.29, 0.717) is 16.7 Å². The third kappa shape index (κ3) is 6.58. The minimum atomic E-state index is -4.77. The third-order valence-corrected chi connectivity index (χ3v) is 6.59. The van der Waals surface area contributed by atoms with Crippen LogP contribution >= 0.6 is 0 Å². The molecular weight excluding hydrogens is 467 g/mol. The maximum atomic E-state index is 14.2. The molecule has 2 rings (SSSR count). The van der Waals surface area contributed by atoms with E-state index in [9.17, 15) is 31.6 Å². The minimum absolute atomic E-state index is 0.0769. The summed E-state index contributed by atoms with van der Waals surface area (Å²) in [5.74, 6) is -1.04. The van der Waals surface area contributed by atoms with Crippen molar-refractivity contribution < 1.29 is 26.4 Å². The van der Waals surface area contributed by atoms with Gasteiger partial charge in [-0.1, -0.05) is 44.2 Å². The number of nitrogens with zero attached hydrogens (tertiary/aromatic N) is 2. The molecule has 0 heterocycles. The monoisotopic (exact) mass is 495 g/mol. The number of alkyl halides is 3. The second-order valence-electron chi connectivity index (χ2n) is 8.69. The highest BCUT2D eigenvalue weighted by Crippen LogP contribution is 2.40. The molecular formula is C24H28F3N3O3S. The molecule has 0 fully saturated rings. The first kappa shape index (κ1) is 27.3. The van der Waals surface area contributed by atoms with Crippen molar-refractivity contribution in [1.29, 1.82) is 5.26 Å². The van der Waals surface area contributed by atoms with E-state index < -0.39 is 40.5 Å². The number of amides is 1. The number of primary amides is 1. The number of aryl methyl sites for hydroxylation is 1. The Hall–Kier alpha value is -2.90. The molecule has 0 unspecified atom stereocenters. The van der Waals surface area contributed by atoms with Crippen molar-refractivity contribution in [2.24, 2.45) is 11.7 Å².